The zero-order valence-corrected chi connectivity index (χ0v) is 10.8. The van der Waals surface area contributed by atoms with Gasteiger partial charge in [-0.3, -0.25) is 0 Å². The van der Waals surface area contributed by atoms with Crippen molar-refractivity contribution in [1.82, 2.24) is 10.3 Å². The Hall–Kier alpha value is -0.830. The maximum Gasteiger partial charge on any atom is 0.208 e. The number of aromatic nitrogens is 1. The lowest BCUT2D eigenvalue weighted by molar-refractivity contribution is 0.371. The van der Waals surface area contributed by atoms with Crippen molar-refractivity contribution >= 4 is 0 Å². The number of rotatable bonds is 6. The van der Waals surface area contributed by atoms with Crippen molar-refractivity contribution in [1.29, 1.82) is 0 Å². The van der Waals surface area contributed by atoms with Crippen molar-refractivity contribution in [2.24, 2.45) is 11.8 Å². The molecule has 0 bridgehead atoms. The van der Waals surface area contributed by atoms with Crippen LogP contribution in [0.5, 0.6) is 0 Å². The number of hydrogen-bond donors (Lipinski definition) is 1. The second kappa shape index (κ2) is 4.45. The lowest BCUT2D eigenvalue weighted by atomic mass is 9.96. The molecule has 2 aliphatic carbocycles. The molecule has 2 aliphatic rings. The molecule has 17 heavy (non-hydrogen) atoms. The van der Waals surface area contributed by atoms with Gasteiger partial charge in [-0.15, -0.1) is 0 Å². The van der Waals surface area contributed by atoms with Gasteiger partial charge in [0, 0.05) is 12.0 Å². The maximum atomic E-state index is 5.93. The van der Waals surface area contributed by atoms with E-state index >= 15 is 0 Å². The molecule has 3 heteroatoms. The summed E-state index contributed by atoms with van der Waals surface area (Å²) in [5.74, 6) is 4.45. The van der Waals surface area contributed by atoms with E-state index in [0.29, 0.717) is 12.0 Å². The van der Waals surface area contributed by atoms with Crippen LogP contribution in [0.2, 0.25) is 0 Å². The largest absolute Gasteiger partial charge is 0.444 e. The molecule has 0 atom stereocenters. The molecule has 0 aromatic carbocycles. The molecular formula is C14H22N2O. The highest BCUT2D eigenvalue weighted by Crippen LogP contribution is 2.54. The minimum atomic E-state index is 0.480. The lowest BCUT2D eigenvalue weighted by Crippen LogP contribution is -2.21. The molecule has 0 radical (unpaired) electrons. The quantitative estimate of drug-likeness (QED) is 0.822. The molecule has 2 saturated carbocycles. The highest BCUT2D eigenvalue weighted by atomic mass is 16.4. The molecule has 1 N–H and O–H groups in total. The van der Waals surface area contributed by atoms with Gasteiger partial charge >= 0.3 is 0 Å². The molecule has 3 rings (SSSR count). The predicted octanol–water partition coefficient (Wildman–Crippen LogP) is 3.08. The molecule has 1 aromatic heterocycles. The van der Waals surface area contributed by atoms with E-state index in [1.165, 1.54) is 25.7 Å². The third-order valence-corrected chi connectivity index (χ3v) is 3.82. The monoisotopic (exact) mass is 234 g/mol. The number of hydrogen-bond acceptors (Lipinski definition) is 3. The fraction of sp³-hybridized carbons (Fsp3) is 0.786. The number of nitrogens with one attached hydrogen (secondary N) is 1. The first kappa shape index (κ1) is 11.3. The van der Waals surface area contributed by atoms with E-state index in [1.807, 2.05) is 6.20 Å². The van der Waals surface area contributed by atoms with Gasteiger partial charge in [-0.2, -0.15) is 0 Å². The molecule has 3 nitrogen and oxygen atoms in total. The summed E-state index contributed by atoms with van der Waals surface area (Å²) in [5.41, 5.74) is 0. The van der Waals surface area contributed by atoms with Gasteiger partial charge in [0.25, 0.3) is 0 Å². The van der Waals surface area contributed by atoms with Crippen LogP contribution in [0.25, 0.3) is 0 Å². The Morgan fingerprint density at radius 1 is 1.29 bits per heavy atom. The van der Waals surface area contributed by atoms with Crippen LogP contribution in [-0.2, 0) is 6.54 Å². The summed E-state index contributed by atoms with van der Waals surface area (Å²) in [6, 6.07) is 0.480. The summed E-state index contributed by atoms with van der Waals surface area (Å²) in [7, 11) is 0. The van der Waals surface area contributed by atoms with Crippen LogP contribution in [0.3, 0.4) is 0 Å². The van der Waals surface area contributed by atoms with E-state index in [9.17, 15) is 0 Å². The Bertz CT molecular complexity index is 365. The van der Waals surface area contributed by atoms with Crippen LogP contribution >= 0.6 is 0 Å². The van der Waals surface area contributed by atoms with Crippen LogP contribution in [0.1, 0.15) is 57.1 Å². The third-order valence-electron chi connectivity index (χ3n) is 3.82. The first-order chi connectivity index (χ1) is 8.24. The highest BCUT2D eigenvalue weighted by molar-refractivity contribution is 5.12. The summed E-state index contributed by atoms with van der Waals surface area (Å²) in [4.78, 5) is 4.40. The van der Waals surface area contributed by atoms with Gasteiger partial charge in [0.2, 0.25) is 5.89 Å². The summed E-state index contributed by atoms with van der Waals surface area (Å²) in [6.07, 6.45) is 7.53. The Morgan fingerprint density at radius 3 is 2.47 bits per heavy atom. The average molecular weight is 234 g/mol. The number of oxazole rings is 1. The van der Waals surface area contributed by atoms with E-state index in [-0.39, 0.29) is 0 Å². The minimum absolute atomic E-state index is 0.480. The van der Waals surface area contributed by atoms with Crippen molar-refractivity contribution < 1.29 is 4.42 Å². The Balaban J connectivity index is 1.65. The van der Waals surface area contributed by atoms with Crippen LogP contribution in [0, 0.1) is 11.8 Å². The fourth-order valence-electron chi connectivity index (χ4n) is 2.61. The van der Waals surface area contributed by atoms with E-state index in [2.05, 4.69) is 24.1 Å². The van der Waals surface area contributed by atoms with E-state index in [4.69, 9.17) is 4.42 Å². The summed E-state index contributed by atoms with van der Waals surface area (Å²) >= 11 is 0. The van der Waals surface area contributed by atoms with Gasteiger partial charge in [0.05, 0.1) is 12.7 Å². The molecule has 94 valence electrons. The van der Waals surface area contributed by atoms with Crippen LogP contribution < -0.4 is 5.32 Å². The standard InChI is InChI=1S/C14H22N2O/c1-9(2)15-8-13-16-7-12(17-13)14(10-3-4-10)11-5-6-11/h7,9-11,14-15H,3-6,8H2,1-2H3. The molecule has 0 saturated heterocycles. The zero-order valence-electron chi connectivity index (χ0n) is 10.8. The van der Waals surface area contributed by atoms with Gasteiger partial charge in [0.1, 0.15) is 5.76 Å². The minimum Gasteiger partial charge on any atom is -0.444 e. The molecule has 0 amide bonds. The van der Waals surface area contributed by atoms with Crippen LogP contribution in [-0.4, -0.2) is 11.0 Å². The second-order valence-electron chi connectivity index (χ2n) is 5.89. The molecule has 0 unspecified atom stereocenters. The highest BCUT2D eigenvalue weighted by Gasteiger charge is 2.44. The van der Waals surface area contributed by atoms with Gasteiger partial charge in [-0.25, -0.2) is 4.98 Å². The smallest absolute Gasteiger partial charge is 0.208 e. The van der Waals surface area contributed by atoms with Crippen molar-refractivity contribution in [3.8, 4) is 0 Å². The fourth-order valence-corrected chi connectivity index (χ4v) is 2.61. The first-order valence-corrected chi connectivity index (χ1v) is 6.92. The van der Waals surface area contributed by atoms with Crippen LogP contribution in [0.15, 0.2) is 10.6 Å². The third kappa shape index (κ3) is 2.71. The van der Waals surface area contributed by atoms with Crippen molar-refractivity contribution in [2.45, 2.75) is 58.0 Å². The van der Waals surface area contributed by atoms with Crippen molar-refractivity contribution in [2.75, 3.05) is 0 Å². The lowest BCUT2D eigenvalue weighted by Gasteiger charge is -2.11. The topological polar surface area (TPSA) is 38.1 Å². The van der Waals surface area contributed by atoms with Gasteiger partial charge < -0.3 is 9.73 Å². The Kier molecular flexibility index (Phi) is 2.95. The predicted molar refractivity (Wildman–Crippen MR) is 66.7 cm³/mol. The Labute approximate surface area is 103 Å². The summed E-state index contributed by atoms with van der Waals surface area (Å²) < 4.78 is 5.93. The maximum absolute atomic E-state index is 5.93. The van der Waals surface area contributed by atoms with Gasteiger partial charge in [-0.1, -0.05) is 13.8 Å². The van der Waals surface area contributed by atoms with E-state index < -0.39 is 0 Å². The second-order valence-corrected chi connectivity index (χ2v) is 5.89. The molecule has 1 heterocycles. The summed E-state index contributed by atoms with van der Waals surface area (Å²) in [6.45, 7) is 5.03. The van der Waals surface area contributed by atoms with Crippen molar-refractivity contribution in [3.05, 3.63) is 17.8 Å². The van der Waals surface area contributed by atoms with E-state index in [1.54, 1.807) is 0 Å². The zero-order chi connectivity index (χ0) is 11.8. The van der Waals surface area contributed by atoms with E-state index in [0.717, 1.165) is 30.0 Å². The van der Waals surface area contributed by atoms with Crippen molar-refractivity contribution in [3.63, 3.8) is 0 Å². The average Bonchev–Trinajstić information content (AvgIpc) is 3.18. The van der Waals surface area contributed by atoms with Gasteiger partial charge in [0.15, 0.2) is 0 Å². The molecule has 0 aliphatic heterocycles. The molecule has 0 spiro atoms. The molecular weight excluding hydrogens is 212 g/mol. The first-order valence-electron chi connectivity index (χ1n) is 6.92. The summed E-state index contributed by atoms with van der Waals surface area (Å²) in [5, 5.41) is 3.35. The SMILES string of the molecule is CC(C)NCc1ncc(C(C2CC2)C2CC2)o1. The molecule has 1 aromatic rings. The van der Waals surface area contributed by atoms with Crippen LogP contribution in [0.4, 0.5) is 0 Å². The molecule has 2 fully saturated rings. The normalized spacial score (nSPS) is 20.5. The van der Waals surface area contributed by atoms with Gasteiger partial charge in [-0.05, 0) is 37.5 Å². The number of nitrogens with zero attached hydrogens (tertiary/aromatic N) is 1. The Morgan fingerprint density at radius 2 is 1.94 bits per heavy atom.